The quantitative estimate of drug-likeness (QED) is 0.165. The summed E-state index contributed by atoms with van der Waals surface area (Å²) in [4.78, 5) is 8.85. The van der Waals surface area contributed by atoms with Gasteiger partial charge in [-0.1, -0.05) is 142 Å². The summed E-state index contributed by atoms with van der Waals surface area (Å²) in [5.41, 5.74) is 4.50. The average Bonchev–Trinajstić information content (AvgIpc) is 3.67. The Bertz CT molecular complexity index is 3120. The number of aromatic nitrogens is 2. The molecule has 285 valence electrons. The van der Waals surface area contributed by atoms with Crippen LogP contribution in [0.25, 0.3) is 66.4 Å². The van der Waals surface area contributed by atoms with Gasteiger partial charge in [-0.25, -0.2) is 0 Å². The van der Waals surface area contributed by atoms with Crippen LogP contribution in [0.1, 0.15) is 97.1 Å². The molecule has 4 heteroatoms. The number of rotatable bonds is 4. The van der Waals surface area contributed by atoms with Gasteiger partial charge in [0.1, 0.15) is 5.58 Å². The zero-order chi connectivity index (χ0) is 48.5. The Morgan fingerprint density at radius 2 is 1.41 bits per heavy atom. The number of fused-ring (bicyclic) bond motifs is 5. The van der Waals surface area contributed by atoms with Crippen molar-refractivity contribution in [3.63, 3.8) is 0 Å². The second-order valence-electron chi connectivity index (χ2n) is 15.7. The molecule has 8 aromatic rings. The first kappa shape index (κ1) is 26.9. The molecule has 0 spiro atoms. The molecule has 3 nitrogen and oxygen atoms in total. The van der Waals surface area contributed by atoms with E-state index in [2.05, 4.69) is 74.1 Å². The van der Waals surface area contributed by atoms with Gasteiger partial charge in [-0.3, -0.25) is 0 Å². The van der Waals surface area contributed by atoms with E-state index in [0.717, 1.165) is 46.4 Å². The molecule has 1 aliphatic rings. The summed E-state index contributed by atoms with van der Waals surface area (Å²) < 4.78 is 103. The molecule has 0 atom stereocenters. The number of hydrogen-bond donors (Lipinski definition) is 0. The van der Waals surface area contributed by atoms with Crippen molar-refractivity contribution in [3.05, 3.63) is 155 Å². The van der Waals surface area contributed by atoms with Crippen molar-refractivity contribution >= 4 is 32.7 Å². The zero-order valence-corrected chi connectivity index (χ0v) is 34.2. The average molecular weight is 923 g/mol. The van der Waals surface area contributed by atoms with Crippen molar-refractivity contribution in [3.8, 4) is 33.6 Å². The second kappa shape index (κ2) is 15.6. The molecule has 9 rings (SSSR count). The van der Waals surface area contributed by atoms with E-state index in [0.29, 0.717) is 39.1 Å². The van der Waals surface area contributed by atoms with Crippen molar-refractivity contribution in [2.75, 3.05) is 0 Å². The van der Waals surface area contributed by atoms with Gasteiger partial charge in [0.05, 0.1) is 5.58 Å². The Morgan fingerprint density at radius 1 is 0.696 bits per heavy atom. The maximum atomic E-state index is 9.98. The molecule has 0 amide bonds. The topological polar surface area (TPSA) is 38.9 Å². The van der Waals surface area contributed by atoms with Crippen LogP contribution < -0.4 is 0 Å². The SMILES string of the molecule is [2H]C([2H])([2H])c1cnc(-c2[c-]ccc3c2oc2c4ccccc4ccc32)cc1C1([2H])C(C)(C)CCCC1(C)C.[2H]C([2H])c1cnc(-c2[c-]cc(C([2H])([2H])[2H])c(-c3ccccc3)c2)cc1C([2H])([2H])[2H].[Ir]. The molecule has 5 aromatic carbocycles. The van der Waals surface area contributed by atoms with Crippen molar-refractivity contribution < 1.29 is 41.0 Å². The fourth-order valence-corrected chi connectivity index (χ4v) is 8.44. The molecule has 0 N–H and O–H groups in total. The van der Waals surface area contributed by atoms with Gasteiger partial charge in [-0.2, -0.15) is 0 Å². The van der Waals surface area contributed by atoms with E-state index in [1.54, 1.807) is 30.3 Å². The molecule has 56 heavy (non-hydrogen) atoms. The Labute approximate surface area is 362 Å². The van der Waals surface area contributed by atoms with E-state index in [4.69, 9.17) is 19.5 Å². The Kier molecular flexibility index (Phi) is 7.47. The fourth-order valence-electron chi connectivity index (χ4n) is 8.44. The number of furan rings is 1. The van der Waals surface area contributed by atoms with Crippen LogP contribution >= 0.6 is 0 Å². The van der Waals surface area contributed by atoms with E-state index < -0.39 is 44.2 Å². The number of hydrogen-bond acceptors (Lipinski definition) is 3. The zero-order valence-electron chi connectivity index (χ0n) is 43.8. The van der Waals surface area contributed by atoms with Gasteiger partial charge in [-0.15, -0.1) is 47.5 Å². The molecule has 3 aromatic heterocycles. The molecule has 1 radical (unpaired) electrons. The van der Waals surface area contributed by atoms with E-state index in [9.17, 15) is 1.37 Å². The first-order valence-electron chi connectivity index (χ1n) is 24.7. The summed E-state index contributed by atoms with van der Waals surface area (Å²) in [6, 6.07) is 37.6. The Balaban J connectivity index is 0.000000206. The summed E-state index contributed by atoms with van der Waals surface area (Å²) in [7, 11) is 0. The molecule has 1 saturated carbocycles. The van der Waals surface area contributed by atoms with Crippen molar-refractivity contribution in [1.82, 2.24) is 9.97 Å². The van der Waals surface area contributed by atoms with Gasteiger partial charge in [0.15, 0.2) is 0 Å². The molecule has 1 aliphatic carbocycles. The predicted molar refractivity (Wildman–Crippen MR) is 230 cm³/mol. The Morgan fingerprint density at radius 3 is 2.18 bits per heavy atom. The second-order valence-corrected chi connectivity index (χ2v) is 15.7. The maximum absolute atomic E-state index is 9.98. The van der Waals surface area contributed by atoms with Crippen molar-refractivity contribution in [2.24, 2.45) is 10.8 Å². The summed E-state index contributed by atoms with van der Waals surface area (Å²) >= 11 is 0. The van der Waals surface area contributed by atoms with Gasteiger partial charge in [-0.05, 0) is 89.2 Å². The minimum absolute atomic E-state index is 0. The van der Waals surface area contributed by atoms with Crippen LogP contribution in [-0.2, 0) is 20.1 Å². The first-order valence-corrected chi connectivity index (χ1v) is 18.6. The van der Waals surface area contributed by atoms with Gasteiger partial charge < -0.3 is 14.4 Å². The fraction of sp³-hybridized carbons (Fsp3) is 0.269. The third kappa shape index (κ3) is 7.38. The molecule has 0 saturated heterocycles. The van der Waals surface area contributed by atoms with Gasteiger partial charge in [0.25, 0.3) is 0 Å². The number of benzene rings is 5. The predicted octanol–water partition coefficient (Wildman–Crippen LogP) is 14.4. The van der Waals surface area contributed by atoms with Gasteiger partial charge in [0.2, 0.25) is 0 Å². The summed E-state index contributed by atoms with van der Waals surface area (Å²) in [5, 5.41) is 4.11. The minimum atomic E-state index is -2.51. The molecule has 0 aliphatic heterocycles. The smallest absolute Gasteiger partial charge is 0.128 e. The number of nitrogens with zero attached hydrogens (tertiary/aromatic N) is 2. The summed E-state index contributed by atoms with van der Waals surface area (Å²) in [5.74, 6) is -1.13. The summed E-state index contributed by atoms with van der Waals surface area (Å²) in [6.07, 6.45) is 5.41. The molecule has 0 bridgehead atoms. The van der Waals surface area contributed by atoms with Crippen molar-refractivity contribution in [1.29, 1.82) is 0 Å². The van der Waals surface area contributed by atoms with Gasteiger partial charge >= 0.3 is 0 Å². The van der Waals surface area contributed by atoms with E-state index in [1.807, 2.05) is 36.4 Å². The van der Waals surface area contributed by atoms with E-state index >= 15 is 0 Å². The summed E-state index contributed by atoms with van der Waals surface area (Å²) in [6.45, 7) is -0.313. The van der Waals surface area contributed by atoms with Gasteiger partial charge in [0, 0.05) is 59.7 Å². The third-order valence-electron chi connectivity index (χ3n) is 11.0. The minimum Gasteiger partial charge on any atom is -0.500 e. The molecular weight excluding hydrogens is 861 g/mol. The largest absolute Gasteiger partial charge is 0.500 e. The monoisotopic (exact) mass is 923 g/mol. The van der Waals surface area contributed by atoms with Crippen LogP contribution in [0.4, 0.5) is 0 Å². The van der Waals surface area contributed by atoms with Crippen LogP contribution in [0.5, 0.6) is 0 Å². The van der Waals surface area contributed by atoms with E-state index in [1.165, 1.54) is 24.5 Å². The standard InChI is InChI=1S/C32H32NO.C20H18N.Ir/c1-20-19-33-27(18-26(20)30-31(2,3)16-9-17-32(30,4)5)25-13-8-12-23-24-15-14-21-10-6-7-11-22(21)28(24)34-29(23)25;1-14-9-10-18(20-11-15(2)16(3)13-21-20)12-19(14)17-7-5-4-6-8-17;/h6-8,10-12,14-15,18-19,30H,9,16-17H2,1-5H3;4-9,11-13H,1-3H3;/q2*-1;/i1D3,30D;1D3,2D3,3D2;. The first-order chi connectivity index (χ1) is 31.3. The van der Waals surface area contributed by atoms with E-state index in [-0.39, 0.29) is 48.1 Å². The number of pyridine rings is 2. The maximum Gasteiger partial charge on any atom is 0.128 e. The normalized spacial score (nSPS) is 19.4. The van der Waals surface area contributed by atoms with Crippen LogP contribution in [0, 0.1) is 50.4 Å². The number of aryl methyl sites for hydroxylation is 4. The van der Waals surface area contributed by atoms with Crippen LogP contribution in [0.3, 0.4) is 0 Å². The molecular formula is C52H50IrN2O-2. The van der Waals surface area contributed by atoms with Crippen molar-refractivity contribution in [2.45, 2.75) is 80.3 Å². The van der Waals surface area contributed by atoms with Crippen LogP contribution in [0.15, 0.2) is 120 Å². The molecule has 0 unspecified atom stereocenters. The Hall–Kier alpha value is -4.89. The third-order valence-corrected chi connectivity index (χ3v) is 11.0. The van der Waals surface area contributed by atoms with Crippen LogP contribution in [0.2, 0.25) is 0 Å². The van der Waals surface area contributed by atoms with Crippen LogP contribution in [-0.4, -0.2) is 9.97 Å². The molecule has 1 fully saturated rings. The molecule has 3 heterocycles.